The fourth-order valence-corrected chi connectivity index (χ4v) is 3.37. The monoisotopic (exact) mass is 332 g/mol. The van der Waals surface area contributed by atoms with Crippen LogP contribution in [0.15, 0.2) is 11.6 Å². The number of likely N-dealkylation sites (tertiary alicyclic amines) is 1. The summed E-state index contributed by atoms with van der Waals surface area (Å²) in [7, 11) is 0. The van der Waals surface area contributed by atoms with Gasteiger partial charge in [-0.1, -0.05) is 12.0 Å². The number of nitrogens with zero attached hydrogens (tertiary/aromatic N) is 1. The van der Waals surface area contributed by atoms with Crippen LogP contribution in [0, 0.1) is 0 Å². The summed E-state index contributed by atoms with van der Waals surface area (Å²) in [6, 6.07) is -2.18. The summed E-state index contributed by atoms with van der Waals surface area (Å²) in [5, 5.41) is 2.62. The first-order valence-electron chi connectivity index (χ1n) is 8.11. The Morgan fingerprint density at radius 3 is 2.39 bits per heavy atom. The quantitative estimate of drug-likeness (QED) is 0.791. The Morgan fingerprint density at radius 1 is 1.17 bits per heavy atom. The SMILES string of the molecule is CC(=O)NC1CCC(C(F)(F)F)N(C(=O)C=C2CCCCC2)C1. The van der Waals surface area contributed by atoms with E-state index < -0.39 is 24.2 Å². The molecule has 0 aromatic carbocycles. The molecule has 1 aliphatic heterocycles. The zero-order valence-electron chi connectivity index (χ0n) is 13.3. The van der Waals surface area contributed by atoms with E-state index in [2.05, 4.69) is 5.32 Å². The first-order chi connectivity index (χ1) is 10.8. The van der Waals surface area contributed by atoms with Crippen molar-refractivity contribution >= 4 is 11.8 Å². The van der Waals surface area contributed by atoms with Gasteiger partial charge in [0.15, 0.2) is 0 Å². The highest BCUT2D eigenvalue weighted by Crippen LogP contribution is 2.33. The van der Waals surface area contributed by atoms with Crippen LogP contribution in [0.5, 0.6) is 0 Å². The zero-order chi connectivity index (χ0) is 17.0. The lowest BCUT2D eigenvalue weighted by atomic mass is 9.93. The predicted molar refractivity (Wildman–Crippen MR) is 79.6 cm³/mol. The van der Waals surface area contributed by atoms with Crippen molar-refractivity contribution in [1.29, 1.82) is 0 Å². The molecule has 2 rings (SSSR count). The highest BCUT2D eigenvalue weighted by molar-refractivity contribution is 5.89. The Kier molecular flexibility index (Phi) is 5.70. The topological polar surface area (TPSA) is 49.4 Å². The molecule has 0 radical (unpaired) electrons. The maximum atomic E-state index is 13.2. The summed E-state index contributed by atoms with van der Waals surface area (Å²) in [6.07, 6.45) is 1.62. The lowest BCUT2D eigenvalue weighted by Gasteiger charge is -2.40. The molecule has 130 valence electrons. The van der Waals surface area contributed by atoms with Crippen molar-refractivity contribution in [3.8, 4) is 0 Å². The molecule has 2 amide bonds. The Bertz CT molecular complexity index is 480. The smallest absolute Gasteiger partial charge is 0.352 e. The van der Waals surface area contributed by atoms with E-state index in [1.54, 1.807) is 0 Å². The standard InChI is InChI=1S/C16H23F3N2O2/c1-11(22)20-13-7-8-14(16(17,18)19)21(10-13)15(23)9-12-5-3-2-4-6-12/h9,13-14H,2-8,10H2,1H3,(H,20,22). The first kappa shape index (κ1) is 17.8. The molecule has 1 saturated heterocycles. The lowest BCUT2D eigenvalue weighted by Crippen LogP contribution is -2.57. The summed E-state index contributed by atoms with van der Waals surface area (Å²) in [5.74, 6) is -0.877. The third-order valence-electron chi connectivity index (χ3n) is 4.47. The fourth-order valence-electron chi connectivity index (χ4n) is 3.37. The number of hydrogen-bond acceptors (Lipinski definition) is 2. The van der Waals surface area contributed by atoms with E-state index in [-0.39, 0.29) is 25.3 Å². The third-order valence-corrected chi connectivity index (χ3v) is 4.47. The molecule has 2 unspecified atom stereocenters. The summed E-state index contributed by atoms with van der Waals surface area (Å²) >= 11 is 0. The number of allylic oxidation sites excluding steroid dienone is 1. The van der Waals surface area contributed by atoms with Gasteiger partial charge in [0.05, 0.1) is 0 Å². The number of carbonyl (C=O) groups is 2. The van der Waals surface area contributed by atoms with Gasteiger partial charge < -0.3 is 10.2 Å². The van der Waals surface area contributed by atoms with Crippen LogP contribution in [0.25, 0.3) is 0 Å². The maximum absolute atomic E-state index is 13.2. The van der Waals surface area contributed by atoms with E-state index in [0.29, 0.717) is 0 Å². The Morgan fingerprint density at radius 2 is 1.83 bits per heavy atom. The molecule has 23 heavy (non-hydrogen) atoms. The summed E-state index contributed by atoms with van der Waals surface area (Å²) in [6.45, 7) is 1.23. The molecule has 0 aromatic heterocycles. The van der Waals surface area contributed by atoms with Crippen molar-refractivity contribution in [1.82, 2.24) is 10.2 Å². The van der Waals surface area contributed by atoms with Crippen molar-refractivity contribution in [3.05, 3.63) is 11.6 Å². The van der Waals surface area contributed by atoms with Gasteiger partial charge in [-0.15, -0.1) is 0 Å². The van der Waals surface area contributed by atoms with Crippen molar-refractivity contribution < 1.29 is 22.8 Å². The molecule has 0 spiro atoms. The van der Waals surface area contributed by atoms with Gasteiger partial charge in [-0.3, -0.25) is 9.59 Å². The van der Waals surface area contributed by atoms with Gasteiger partial charge in [0.1, 0.15) is 6.04 Å². The number of amides is 2. The van der Waals surface area contributed by atoms with Crippen molar-refractivity contribution in [2.45, 2.75) is 70.1 Å². The number of piperidine rings is 1. The average Bonchev–Trinajstić information content (AvgIpc) is 2.46. The van der Waals surface area contributed by atoms with Gasteiger partial charge in [0, 0.05) is 25.6 Å². The van der Waals surface area contributed by atoms with Crippen LogP contribution in [0.2, 0.25) is 0 Å². The number of nitrogens with one attached hydrogen (secondary N) is 1. The van der Waals surface area contributed by atoms with Crippen molar-refractivity contribution in [3.63, 3.8) is 0 Å². The minimum absolute atomic E-state index is 0.0909. The summed E-state index contributed by atoms with van der Waals surface area (Å²) in [5.41, 5.74) is 0.934. The molecule has 0 bridgehead atoms. The van der Waals surface area contributed by atoms with Crippen LogP contribution in [0.3, 0.4) is 0 Å². The number of rotatable bonds is 2. The second-order valence-corrected chi connectivity index (χ2v) is 6.39. The van der Waals surface area contributed by atoms with Gasteiger partial charge in [-0.25, -0.2) is 0 Å². The van der Waals surface area contributed by atoms with Crippen LogP contribution in [-0.2, 0) is 9.59 Å². The molecule has 0 aromatic rings. The van der Waals surface area contributed by atoms with Gasteiger partial charge in [-0.2, -0.15) is 13.2 Å². The van der Waals surface area contributed by atoms with E-state index in [4.69, 9.17) is 0 Å². The molecular formula is C16H23F3N2O2. The van der Waals surface area contributed by atoms with E-state index in [1.807, 2.05) is 0 Å². The predicted octanol–water partition coefficient (Wildman–Crippen LogP) is 2.93. The van der Waals surface area contributed by atoms with E-state index in [9.17, 15) is 22.8 Å². The molecule has 7 heteroatoms. The molecule has 1 aliphatic carbocycles. The minimum Gasteiger partial charge on any atom is -0.352 e. The van der Waals surface area contributed by atoms with Crippen LogP contribution in [0.4, 0.5) is 13.2 Å². The largest absolute Gasteiger partial charge is 0.408 e. The van der Waals surface area contributed by atoms with Gasteiger partial charge >= 0.3 is 6.18 Å². The first-order valence-corrected chi connectivity index (χ1v) is 8.11. The van der Waals surface area contributed by atoms with Crippen LogP contribution in [-0.4, -0.2) is 41.5 Å². The van der Waals surface area contributed by atoms with E-state index in [1.165, 1.54) is 13.0 Å². The molecule has 1 saturated carbocycles. The molecular weight excluding hydrogens is 309 g/mol. The Balaban J connectivity index is 2.13. The van der Waals surface area contributed by atoms with Crippen LogP contribution >= 0.6 is 0 Å². The zero-order valence-corrected chi connectivity index (χ0v) is 13.3. The van der Waals surface area contributed by atoms with Crippen molar-refractivity contribution in [2.24, 2.45) is 0 Å². The second kappa shape index (κ2) is 7.36. The maximum Gasteiger partial charge on any atom is 0.408 e. The van der Waals surface area contributed by atoms with Crippen LogP contribution < -0.4 is 5.32 Å². The number of carbonyl (C=O) groups excluding carboxylic acids is 2. The number of hydrogen-bond donors (Lipinski definition) is 1. The van der Waals surface area contributed by atoms with Gasteiger partial charge in [0.2, 0.25) is 11.8 Å². The van der Waals surface area contributed by atoms with Gasteiger partial charge in [-0.05, 0) is 38.5 Å². The second-order valence-electron chi connectivity index (χ2n) is 6.39. The highest BCUT2D eigenvalue weighted by atomic mass is 19.4. The summed E-state index contributed by atoms with van der Waals surface area (Å²) < 4.78 is 39.7. The molecule has 2 aliphatic rings. The average molecular weight is 332 g/mol. The summed E-state index contributed by atoms with van der Waals surface area (Å²) in [4.78, 5) is 24.4. The third kappa shape index (κ3) is 4.97. The fraction of sp³-hybridized carbons (Fsp3) is 0.750. The lowest BCUT2D eigenvalue weighted by molar-refractivity contribution is -0.195. The normalized spacial score (nSPS) is 25.9. The minimum atomic E-state index is -4.44. The van der Waals surface area contributed by atoms with Gasteiger partial charge in [0.25, 0.3) is 0 Å². The van der Waals surface area contributed by atoms with Crippen LogP contribution in [0.1, 0.15) is 51.9 Å². The van der Waals surface area contributed by atoms with E-state index in [0.717, 1.165) is 42.6 Å². The number of alkyl halides is 3. The molecule has 1 N–H and O–H groups in total. The molecule has 2 atom stereocenters. The Labute approximate surface area is 134 Å². The van der Waals surface area contributed by atoms with Crippen molar-refractivity contribution in [2.75, 3.05) is 6.54 Å². The highest BCUT2D eigenvalue weighted by Gasteiger charge is 2.47. The number of halogens is 3. The Hall–Kier alpha value is -1.53. The van der Waals surface area contributed by atoms with E-state index >= 15 is 0 Å². The molecule has 4 nitrogen and oxygen atoms in total. The molecule has 2 fully saturated rings. The molecule has 1 heterocycles.